The Morgan fingerprint density at radius 2 is 1.16 bits per heavy atom. The fourth-order valence-electron chi connectivity index (χ4n) is 6.27. The Morgan fingerprint density at radius 3 is 1.65 bits per heavy atom. The summed E-state index contributed by atoms with van der Waals surface area (Å²) in [5, 5.41) is 2.80. The molecular formula is C40H43NO10. The maximum atomic E-state index is 12.6. The van der Waals surface area contributed by atoms with E-state index < -0.39 is 54.1 Å². The summed E-state index contributed by atoms with van der Waals surface area (Å²) in [6.07, 6.45) is -4.55. The highest BCUT2D eigenvalue weighted by atomic mass is 16.7. The van der Waals surface area contributed by atoms with E-state index in [1.54, 1.807) is 14.2 Å². The van der Waals surface area contributed by atoms with Crippen LogP contribution in [0, 0.1) is 0 Å². The van der Waals surface area contributed by atoms with Gasteiger partial charge in [-0.15, -0.1) is 0 Å². The summed E-state index contributed by atoms with van der Waals surface area (Å²) in [5.74, 6) is -0.394. The minimum atomic E-state index is -1.24. The van der Waals surface area contributed by atoms with E-state index in [2.05, 4.69) is 5.32 Å². The monoisotopic (exact) mass is 697 g/mol. The van der Waals surface area contributed by atoms with Crippen LogP contribution in [0.4, 0.5) is 0 Å². The number of nitrogens with one attached hydrogen (secondary N) is 1. The van der Waals surface area contributed by atoms with Gasteiger partial charge in [-0.1, -0.05) is 84.9 Å². The number of carbonyl (C=O) groups excluding carboxylic acids is 3. The maximum absolute atomic E-state index is 12.6. The van der Waals surface area contributed by atoms with Gasteiger partial charge in [-0.3, -0.25) is 14.4 Å². The summed E-state index contributed by atoms with van der Waals surface area (Å²) >= 11 is 0. The van der Waals surface area contributed by atoms with Crippen molar-refractivity contribution in [3.63, 3.8) is 0 Å². The van der Waals surface area contributed by atoms with E-state index in [-0.39, 0.29) is 13.2 Å². The Labute approximate surface area is 297 Å². The fourth-order valence-corrected chi connectivity index (χ4v) is 6.27. The molecule has 1 saturated heterocycles. The smallest absolute Gasteiger partial charge is 0.303 e. The SMILES string of the molecule is COc1ccc(C(OC[C@H]2O[C@H](OCc3ccccc3)[C@H](NC(C)=O)[C@@H](OC(C)=O)[C@H]2OC(C)=O)(c2ccccc2)c2ccc(OC)cc2)cc1. The molecular weight excluding hydrogens is 654 g/mol. The highest BCUT2D eigenvalue weighted by molar-refractivity contribution is 5.73. The molecule has 4 aromatic rings. The lowest BCUT2D eigenvalue weighted by Crippen LogP contribution is -2.66. The average Bonchev–Trinajstić information content (AvgIpc) is 3.14. The van der Waals surface area contributed by atoms with Crippen LogP contribution in [0.25, 0.3) is 0 Å². The Hall–Kier alpha value is -5.23. The predicted octanol–water partition coefficient (Wildman–Crippen LogP) is 5.32. The van der Waals surface area contributed by atoms with Crippen molar-refractivity contribution >= 4 is 17.8 Å². The van der Waals surface area contributed by atoms with E-state index >= 15 is 0 Å². The maximum Gasteiger partial charge on any atom is 0.303 e. The number of hydrogen-bond acceptors (Lipinski definition) is 10. The van der Waals surface area contributed by atoms with Gasteiger partial charge in [-0.2, -0.15) is 0 Å². The van der Waals surface area contributed by atoms with Crippen molar-refractivity contribution in [3.8, 4) is 11.5 Å². The van der Waals surface area contributed by atoms with Crippen LogP contribution in [0.5, 0.6) is 11.5 Å². The van der Waals surface area contributed by atoms with Crippen molar-refractivity contribution < 1.29 is 47.5 Å². The molecule has 5 rings (SSSR count). The third-order valence-corrected chi connectivity index (χ3v) is 8.51. The minimum Gasteiger partial charge on any atom is -0.497 e. The zero-order valence-corrected chi connectivity index (χ0v) is 29.3. The quantitative estimate of drug-likeness (QED) is 0.137. The molecule has 0 saturated carbocycles. The van der Waals surface area contributed by atoms with Crippen molar-refractivity contribution in [3.05, 3.63) is 131 Å². The van der Waals surface area contributed by atoms with Crippen LogP contribution >= 0.6 is 0 Å². The lowest BCUT2D eigenvalue weighted by atomic mass is 9.80. The lowest BCUT2D eigenvalue weighted by Gasteiger charge is -2.46. The first-order valence-corrected chi connectivity index (χ1v) is 16.6. The second-order valence-electron chi connectivity index (χ2n) is 12.0. The first-order valence-electron chi connectivity index (χ1n) is 16.6. The molecule has 11 heteroatoms. The highest BCUT2D eigenvalue weighted by Gasteiger charge is 2.52. The van der Waals surface area contributed by atoms with Crippen LogP contribution in [-0.2, 0) is 50.3 Å². The second-order valence-corrected chi connectivity index (χ2v) is 12.0. The Bertz CT molecular complexity index is 1680. The second kappa shape index (κ2) is 17.1. The van der Waals surface area contributed by atoms with E-state index in [4.69, 9.17) is 33.2 Å². The molecule has 1 heterocycles. The number of benzene rings is 4. The summed E-state index contributed by atoms with van der Waals surface area (Å²) in [6.45, 7) is 3.75. The van der Waals surface area contributed by atoms with Gasteiger partial charge in [0.2, 0.25) is 5.91 Å². The zero-order valence-electron chi connectivity index (χ0n) is 29.3. The summed E-state index contributed by atoms with van der Waals surface area (Å²) < 4.78 is 42.4. The zero-order chi connectivity index (χ0) is 36.4. The number of esters is 2. The summed E-state index contributed by atoms with van der Waals surface area (Å²) in [6, 6.07) is 33.1. The minimum absolute atomic E-state index is 0.117. The number of hydrogen-bond donors (Lipinski definition) is 1. The van der Waals surface area contributed by atoms with E-state index in [0.29, 0.717) is 11.5 Å². The van der Waals surface area contributed by atoms with Gasteiger partial charge in [-0.25, -0.2) is 0 Å². The van der Waals surface area contributed by atoms with Crippen molar-refractivity contribution in [1.82, 2.24) is 5.32 Å². The molecule has 0 radical (unpaired) electrons. The Kier molecular flexibility index (Phi) is 12.4. The molecule has 268 valence electrons. The van der Waals surface area contributed by atoms with Gasteiger partial charge < -0.3 is 38.5 Å². The van der Waals surface area contributed by atoms with Crippen LogP contribution in [0.1, 0.15) is 43.0 Å². The first-order chi connectivity index (χ1) is 24.6. The normalized spacial score (nSPS) is 20.1. The molecule has 5 atom stereocenters. The van der Waals surface area contributed by atoms with Crippen LogP contribution in [0.3, 0.4) is 0 Å². The van der Waals surface area contributed by atoms with Gasteiger partial charge in [0, 0.05) is 20.8 Å². The van der Waals surface area contributed by atoms with Gasteiger partial charge in [0.1, 0.15) is 29.2 Å². The molecule has 1 aliphatic heterocycles. The summed E-state index contributed by atoms with van der Waals surface area (Å²) in [4.78, 5) is 37.6. The van der Waals surface area contributed by atoms with Crippen LogP contribution in [0.15, 0.2) is 109 Å². The van der Waals surface area contributed by atoms with E-state index in [0.717, 1.165) is 22.3 Å². The van der Waals surface area contributed by atoms with Crippen LogP contribution in [-0.4, -0.2) is 69.3 Å². The molecule has 0 aliphatic carbocycles. The standard InChI is InChI=1S/C40H43NO10/c1-26(42)41-36-38(50-28(3)44)37(49-27(2)43)35(51-39(36)47-24-29-12-8-6-9-13-29)25-48-40(30-14-10-7-11-15-30,31-16-20-33(45-4)21-17-31)32-18-22-34(46-5)23-19-32/h6-23,35-39H,24-25H2,1-5H3,(H,41,42)/t35-,36-,37+,38-,39+/m1/s1. The largest absolute Gasteiger partial charge is 0.497 e. The summed E-state index contributed by atoms with van der Waals surface area (Å²) in [5.41, 5.74) is 1.94. The first kappa shape index (κ1) is 37.0. The topological polar surface area (TPSA) is 128 Å². The number of carbonyl (C=O) groups is 3. The molecule has 0 unspecified atom stereocenters. The van der Waals surface area contributed by atoms with Crippen molar-refractivity contribution in [2.45, 2.75) is 63.6 Å². The molecule has 1 amide bonds. The molecule has 11 nitrogen and oxygen atoms in total. The van der Waals surface area contributed by atoms with E-state index in [9.17, 15) is 14.4 Å². The van der Waals surface area contributed by atoms with Crippen molar-refractivity contribution in [1.29, 1.82) is 0 Å². The highest BCUT2D eigenvalue weighted by Crippen LogP contribution is 2.42. The fraction of sp³-hybridized carbons (Fsp3) is 0.325. The van der Waals surface area contributed by atoms with Crippen molar-refractivity contribution in [2.75, 3.05) is 20.8 Å². The molecule has 1 aliphatic rings. The van der Waals surface area contributed by atoms with E-state index in [1.807, 2.05) is 109 Å². The predicted molar refractivity (Wildman–Crippen MR) is 187 cm³/mol. The number of ether oxygens (including phenoxy) is 7. The Morgan fingerprint density at radius 1 is 0.667 bits per heavy atom. The Balaban J connectivity index is 1.61. The average molecular weight is 698 g/mol. The molecule has 0 spiro atoms. The van der Waals surface area contributed by atoms with Gasteiger partial charge in [0.15, 0.2) is 18.5 Å². The van der Waals surface area contributed by atoms with Gasteiger partial charge in [-0.05, 0) is 46.5 Å². The van der Waals surface area contributed by atoms with E-state index in [1.165, 1.54) is 20.8 Å². The third-order valence-electron chi connectivity index (χ3n) is 8.51. The molecule has 4 aromatic carbocycles. The van der Waals surface area contributed by atoms with Crippen LogP contribution in [0.2, 0.25) is 0 Å². The molecule has 1 N–H and O–H groups in total. The van der Waals surface area contributed by atoms with Gasteiger partial charge in [0.25, 0.3) is 0 Å². The van der Waals surface area contributed by atoms with Gasteiger partial charge >= 0.3 is 11.9 Å². The number of amides is 1. The summed E-state index contributed by atoms with van der Waals surface area (Å²) in [7, 11) is 3.19. The lowest BCUT2D eigenvalue weighted by molar-refractivity contribution is -0.284. The van der Waals surface area contributed by atoms with Crippen molar-refractivity contribution in [2.24, 2.45) is 0 Å². The number of rotatable bonds is 14. The third kappa shape index (κ3) is 8.93. The molecule has 51 heavy (non-hydrogen) atoms. The molecule has 0 aromatic heterocycles. The molecule has 1 fully saturated rings. The van der Waals surface area contributed by atoms with Crippen LogP contribution < -0.4 is 14.8 Å². The molecule has 0 bridgehead atoms. The van der Waals surface area contributed by atoms with Gasteiger partial charge in [0.05, 0.1) is 27.4 Å². The number of methoxy groups -OCH3 is 2.